The van der Waals surface area contributed by atoms with Gasteiger partial charge in [-0.15, -0.1) is 6.58 Å². The SMILES string of the molecule is C=CCCCCNS(=O)(=O)c1ccccc1. The summed E-state index contributed by atoms with van der Waals surface area (Å²) >= 11 is 0. The number of sulfonamides is 1. The van der Waals surface area contributed by atoms with Crippen LogP contribution in [0.1, 0.15) is 19.3 Å². The first-order chi connectivity index (χ1) is 7.67. The van der Waals surface area contributed by atoms with Crippen LogP contribution in [0.15, 0.2) is 47.9 Å². The van der Waals surface area contributed by atoms with Crippen LogP contribution in [0.2, 0.25) is 0 Å². The van der Waals surface area contributed by atoms with Crippen LogP contribution >= 0.6 is 0 Å². The van der Waals surface area contributed by atoms with Gasteiger partial charge in [0.2, 0.25) is 10.0 Å². The Bertz CT molecular complexity index is 412. The van der Waals surface area contributed by atoms with E-state index in [1.165, 1.54) is 0 Å². The van der Waals surface area contributed by atoms with E-state index in [2.05, 4.69) is 11.3 Å². The topological polar surface area (TPSA) is 46.2 Å². The fourth-order valence-corrected chi connectivity index (χ4v) is 2.40. The lowest BCUT2D eigenvalue weighted by atomic mass is 10.2. The van der Waals surface area contributed by atoms with E-state index in [0.29, 0.717) is 11.4 Å². The number of allylic oxidation sites excluding steroid dienone is 1. The van der Waals surface area contributed by atoms with Crippen LogP contribution in [-0.4, -0.2) is 15.0 Å². The van der Waals surface area contributed by atoms with E-state index in [9.17, 15) is 8.42 Å². The maximum absolute atomic E-state index is 11.7. The largest absolute Gasteiger partial charge is 0.240 e. The molecule has 1 rings (SSSR count). The molecule has 0 aliphatic carbocycles. The van der Waals surface area contributed by atoms with Gasteiger partial charge in [0, 0.05) is 6.54 Å². The van der Waals surface area contributed by atoms with Crippen molar-refractivity contribution >= 4 is 10.0 Å². The number of benzene rings is 1. The Hall–Kier alpha value is -1.13. The molecule has 0 aliphatic rings. The van der Waals surface area contributed by atoms with Gasteiger partial charge in [-0.25, -0.2) is 13.1 Å². The van der Waals surface area contributed by atoms with Crippen molar-refractivity contribution in [3.63, 3.8) is 0 Å². The quantitative estimate of drug-likeness (QED) is 0.586. The smallest absolute Gasteiger partial charge is 0.211 e. The Kier molecular flexibility index (Phi) is 5.22. The average molecular weight is 239 g/mol. The van der Waals surface area contributed by atoms with Crippen molar-refractivity contribution in [1.82, 2.24) is 4.72 Å². The third-order valence-electron chi connectivity index (χ3n) is 2.18. The number of hydrogen-bond acceptors (Lipinski definition) is 2. The minimum atomic E-state index is -3.32. The molecule has 3 nitrogen and oxygen atoms in total. The Morgan fingerprint density at radius 2 is 1.88 bits per heavy atom. The second-order valence-corrected chi connectivity index (χ2v) is 5.26. The summed E-state index contributed by atoms with van der Waals surface area (Å²) < 4.78 is 26.0. The maximum Gasteiger partial charge on any atom is 0.240 e. The minimum Gasteiger partial charge on any atom is -0.211 e. The van der Waals surface area contributed by atoms with Gasteiger partial charge >= 0.3 is 0 Å². The van der Waals surface area contributed by atoms with Gasteiger partial charge in [0.1, 0.15) is 0 Å². The van der Waals surface area contributed by atoms with Crippen LogP contribution in [0.4, 0.5) is 0 Å². The minimum absolute atomic E-state index is 0.318. The van der Waals surface area contributed by atoms with Gasteiger partial charge in [0.25, 0.3) is 0 Å². The van der Waals surface area contributed by atoms with Crippen LogP contribution in [0.3, 0.4) is 0 Å². The molecule has 0 spiro atoms. The maximum atomic E-state index is 11.7. The molecule has 0 saturated heterocycles. The van der Waals surface area contributed by atoms with E-state index in [1.807, 2.05) is 6.08 Å². The molecule has 0 aromatic heterocycles. The summed E-state index contributed by atoms with van der Waals surface area (Å²) in [5.74, 6) is 0. The molecule has 1 aromatic carbocycles. The van der Waals surface area contributed by atoms with Crippen molar-refractivity contribution in [2.75, 3.05) is 6.54 Å². The van der Waals surface area contributed by atoms with E-state index >= 15 is 0 Å². The number of hydrogen-bond donors (Lipinski definition) is 1. The van der Waals surface area contributed by atoms with Crippen LogP contribution in [0.25, 0.3) is 0 Å². The van der Waals surface area contributed by atoms with Gasteiger partial charge in [-0.05, 0) is 31.4 Å². The Morgan fingerprint density at radius 3 is 2.50 bits per heavy atom. The highest BCUT2D eigenvalue weighted by Gasteiger charge is 2.11. The molecule has 0 atom stereocenters. The standard InChI is InChI=1S/C12H17NO2S/c1-2-3-4-8-11-13-16(14,15)12-9-6-5-7-10-12/h2,5-7,9-10,13H,1,3-4,8,11H2. The van der Waals surface area contributed by atoms with E-state index < -0.39 is 10.0 Å². The molecule has 4 heteroatoms. The van der Waals surface area contributed by atoms with Crippen LogP contribution in [0.5, 0.6) is 0 Å². The van der Waals surface area contributed by atoms with Crippen molar-refractivity contribution in [3.05, 3.63) is 43.0 Å². The molecule has 0 bridgehead atoms. The van der Waals surface area contributed by atoms with Crippen molar-refractivity contribution in [2.45, 2.75) is 24.2 Å². The third-order valence-corrected chi connectivity index (χ3v) is 3.66. The lowest BCUT2D eigenvalue weighted by Gasteiger charge is -2.05. The second kappa shape index (κ2) is 6.45. The van der Waals surface area contributed by atoms with E-state index in [-0.39, 0.29) is 0 Å². The fraction of sp³-hybridized carbons (Fsp3) is 0.333. The number of unbranched alkanes of at least 4 members (excludes halogenated alkanes) is 2. The van der Waals surface area contributed by atoms with E-state index in [4.69, 9.17) is 0 Å². The molecule has 0 saturated carbocycles. The van der Waals surface area contributed by atoms with Gasteiger partial charge in [-0.1, -0.05) is 24.3 Å². The summed E-state index contributed by atoms with van der Waals surface area (Å²) in [5, 5.41) is 0. The fourth-order valence-electron chi connectivity index (χ4n) is 1.30. The Labute approximate surface area is 97.2 Å². The van der Waals surface area contributed by atoms with Gasteiger partial charge in [0.15, 0.2) is 0 Å². The molecular weight excluding hydrogens is 222 g/mol. The van der Waals surface area contributed by atoms with Crippen molar-refractivity contribution in [1.29, 1.82) is 0 Å². The zero-order valence-corrected chi connectivity index (χ0v) is 10.0. The zero-order valence-electron chi connectivity index (χ0n) is 9.22. The lowest BCUT2D eigenvalue weighted by Crippen LogP contribution is -2.24. The Morgan fingerprint density at radius 1 is 1.19 bits per heavy atom. The van der Waals surface area contributed by atoms with Crippen molar-refractivity contribution in [3.8, 4) is 0 Å². The van der Waals surface area contributed by atoms with Gasteiger partial charge < -0.3 is 0 Å². The highest BCUT2D eigenvalue weighted by Crippen LogP contribution is 2.07. The molecular formula is C12H17NO2S. The van der Waals surface area contributed by atoms with Crippen molar-refractivity contribution in [2.24, 2.45) is 0 Å². The molecule has 0 aliphatic heterocycles. The summed E-state index contributed by atoms with van der Waals surface area (Å²) in [7, 11) is -3.32. The second-order valence-electron chi connectivity index (χ2n) is 3.50. The summed E-state index contributed by atoms with van der Waals surface area (Å²) in [4.78, 5) is 0.318. The van der Waals surface area contributed by atoms with E-state index in [0.717, 1.165) is 19.3 Å². The molecule has 16 heavy (non-hydrogen) atoms. The zero-order chi connectivity index (χ0) is 11.9. The predicted octanol–water partition coefficient (Wildman–Crippen LogP) is 2.32. The van der Waals surface area contributed by atoms with Gasteiger partial charge in [-0.2, -0.15) is 0 Å². The number of nitrogens with one attached hydrogen (secondary N) is 1. The molecule has 1 N–H and O–H groups in total. The van der Waals surface area contributed by atoms with Crippen molar-refractivity contribution < 1.29 is 8.42 Å². The third kappa shape index (κ3) is 4.16. The summed E-state index contributed by atoms with van der Waals surface area (Å²) in [6, 6.07) is 8.40. The lowest BCUT2D eigenvalue weighted by molar-refractivity contribution is 0.577. The number of rotatable bonds is 7. The average Bonchev–Trinajstić information content (AvgIpc) is 2.30. The molecule has 0 unspecified atom stereocenters. The van der Waals surface area contributed by atoms with Gasteiger partial charge in [-0.3, -0.25) is 0 Å². The summed E-state index contributed by atoms with van der Waals surface area (Å²) in [5.41, 5.74) is 0. The highest BCUT2D eigenvalue weighted by molar-refractivity contribution is 7.89. The summed E-state index contributed by atoms with van der Waals surface area (Å²) in [6.45, 7) is 4.09. The molecule has 0 amide bonds. The van der Waals surface area contributed by atoms with Crippen LogP contribution in [-0.2, 0) is 10.0 Å². The molecule has 1 aromatic rings. The predicted molar refractivity (Wildman–Crippen MR) is 65.7 cm³/mol. The van der Waals surface area contributed by atoms with E-state index in [1.54, 1.807) is 30.3 Å². The van der Waals surface area contributed by atoms with Gasteiger partial charge in [0.05, 0.1) is 4.90 Å². The normalized spacial score (nSPS) is 11.2. The monoisotopic (exact) mass is 239 g/mol. The first-order valence-corrected chi connectivity index (χ1v) is 6.81. The molecule has 0 heterocycles. The first kappa shape index (κ1) is 12.9. The van der Waals surface area contributed by atoms with Crippen LogP contribution < -0.4 is 4.72 Å². The molecule has 0 radical (unpaired) electrons. The summed E-state index contributed by atoms with van der Waals surface area (Å²) in [6.07, 6.45) is 4.55. The molecule has 0 fully saturated rings. The highest BCUT2D eigenvalue weighted by atomic mass is 32.2. The molecule has 88 valence electrons. The first-order valence-electron chi connectivity index (χ1n) is 5.32. The van der Waals surface area contributed by atoms with Crippen LogP contribution in [0, 0.1) is 0 Å². The Balaban J connectivity index is 2.44.